The lowest BCUT2D eigenvalue weighted by Gasteiger charge is -2.10. The number of hydrogen-bond donors (Lipinski definition) is 2. The molecule has 11 heteroatoms. The Morgan fingerprint density at radius 3 is 2.49 bits per heavy atom. The second-order valence-corrected chi connectivity index (χ2v) is 8.57. The van der Waals surface area contributed by atoms with Gasteiger partial charge in [0.05, 0.1) is 15.6 Å². The van der Waals surface area contributed by atoms with E-state index < -0.39 is 4.92 Å². The number of nitrogens with one attached hydrogen (secondary N) is 2. The molecule has 10 nitrogen and oxygen atoms in total. The monoisotopic (exact) mass is 499 g/mol. The van der Waals surface area contributed by atoms with E-state index in [0.29, 0.717) is 30.1 Å². The highest BCUT2D eigenvalue weighted by molar-refractivity contribution is 6.32. The predicted octanol–water partition coefficient (Wildman–Crippen LogP) is 4.68. The number of nitro benzene ring substituents is 1. The minimum atomic E-state index is -0.534. The maximum absolute atomic E-state index is 12.8. The smallest absolute Gasteiger partial charge is 0.273 e. The first-order valence-corrected chi connectivity index (χ1v) is 11.4. The van der Waals surface area contributed by atoms with Crippen molar-refractivity contribution in [1.82, 2.24) is 15.1 Å². The number of halogens is 1. The van der Waals surface area contributed by atoms with Gasteiger partial charge in [-0.1, -0.05) is 37.6 Å². The van der Waals surface area contributed by atoms with Gasteiger partial charge in [0.15, 0.2) is 5.69 Å². The Labute approximate surface area is 207 Å². The average molecular weight is 500 g/mol. The van der Waals surface area contributed by atoms with Gasteiger partial charge in [-0.2, -0.15) is 5.10 Å². The van der Waals surface area contributed by atoms with Crippen molar-refractivity contribution in [2.75, 3.05) is 11.9 Å². The van der Waals surface area contributed by atoms with Crippen LogP contribution in [0.2, 0.25) is 5.02 Å². The van der Waals surface area contributed by atoms with Crippen LogP contribution in [0.4, 0.5) is 11.4 Å². The molecule has 1 heterocycles. The molecular formula is C24H26ClN5O5. The number of non-ortho nitro benzene ring substituents is 1. The van der Waals surface area contributed by atoms with Gasteiger partial charge in [0, 0.05) is 37.0 Å². The summed E-state index contributed by atoms with van der Waals surface area (Å²) in [5, 5.41) is 20.8. The molecule has 0 saturated carbocycles. The number of rotatable bonds is 10. The van der Waals surface area contributed by atoms with E-state index >= 15 is 0 Å². The molecule has 0 spiro atoms. The molecule has 1 aromatic heterocycles. The molecule has 0 atom stereocenters. The Kier molecular flexibility index (Phi) is 8.43. The van der Waals surface area contributed by atoms with Gasteiger partial charge in [0.1, 0.15) is 12.4 Å². The second kappa shape index (κ2) is 11.5. The molecule has 184 valence electrons. The van der Waals surface area contributed by atoms with E-state index in [-0.39, 0.29) is 40.7 Å². The van der Waals surface area contributed by atoms with Crippen molar-refractivity contribution >= 4 is 34.8 Å². The lowest BCUT2D eigenvalue weighted by Crippen LogP contribution is -2.28. The van der Waals surface area contributed by atoms with Crippen molar-refractivity contribution < 1.29 is 19.2 Å². The molecule has 0 aliphatic heterocycles. The van der Waals surface area contributed by atoms with Crippen LogP contribution in [0.1, 0.15) is 47.2 Å². The van der Waals surface area contributed by atoms with Crippen LogP contribution in [-0.4, -0.2) is 33.1 Å². The number of nitrogens with zero attached hydrogens (tertiary/aromatic N) is 3. The molecule has 2 amide bonds. The van der Waals surface area contributed by atoms with Crippen molar-refractivity contribution in [2.24, 2.45) is 5.92 Å². The average Bonchev–Trinajstić information content (AvgIpc) is 3.24. The summed E-state index contributed by atoms with van der Waals surface area (Å²) in [6.07, 6.45) is 1.62. The van der Waals surface area contributed by atoms with Gasteiger partial charge in [-0.25, -0.2) is 0 Å². The van der Waals surface area contributed by atoms with Crippen LogP contribution in [0.25, 0.3) is 0 Å². The molecular weight excluding hydrogens is 474 g/mol. The molecule has 0 radical (unpaired) electrons. The molecule has 0 fully saturated rings. The molecule has 2 aromatic carbocycles. The molecule has 2 N–H and O–H groups in total. The Hall–Kier alpha value is -3.92. The van der Waals surface area contributed by atoms with Crippen LogP contribution in [0.15, 0.2) is 48.7 Å². The minimum Gasteiger partial charge on any atom is -0.487 e. The van der Waals surface area contributed by atoms with Crippen molar-refractivity contribution in [3.63, 3.8) is 0 Å². The summed E-state index contributed by atoms with van der Waals surface area (Å²) in [4.78, 5) is 35.6. The van der Waals surface area contributed by atoms with E-state index in [1.165, 1.54) is 18.2 Å². The molecule has 0 unspecified atom stereocenters. The van der Waals surface area contributed by atoms with E-state index in [4.69, 9.17) is 16.3 Å². The third-order valence-electron chi connectivity index (χ3n) is 4.96. The first kappa shape index (κ1) is 25.7. The van der Waals surface area contributed by atoms with Crippen molar-refractivity contribution in [2.45, 2.75) is 33.9 Å². The zero-order valence-corrected chi connectivity index (χ0v) is 20.3. The molecule has 3 rings (SSSR count). The second-order valence-electron chi connectivity index (χ2n) is 8.16. The van der Waals surface area contributed by atoms with Gasteiger partial charge < -0.3 is 15.4 Å². The summed E-state index contributed by atoms with van der Waals surface area (Å²) >= 11 is 6.05. The lowest BCUT2D eigenvalue weighted by atomic mass is 10.1. The number of ether oxygens (including phenoxy) is 1. The van der Waals surface area contributed by atoms with Crippen LogP contribution < -0.4 is 15.4 Å². The van der Waals surface area contributed by atoms with Crippen molar-refractivity contribution in [1.29, 1.82) is 0 Å². The third kappa shape index (κ3) is 6.80. The van der Waals surface area contributed by atoms with Gasteiger partial charge >= 0.3 is 0 Å². The Morgan fingerprint density at radius 2 is 1.89 bits per heavy atom. The first-order valence-electron chi connectivity index (χ1n) is 11.0. The van der Waals surface area contributed by atoms with Gasteiger partial charge in [0.25, 0.3) is 17.5 Å². The molecule has 35 heavy (non-hydrogen) atoms. The third-order valence-corrected chi connectivity index (χ3v) is 5.25. The van der Waals surface area contributed by atoms with Crippen LogP contribution in [0.5, 0.6) is 5.75 Å². The maximum atomic E-state index is 12.8. The lowest BCUT2D eigenvalue weighted by molar-refractivity contribution is -0.384. The fourth-order valence-electron chi connectivity index (χ4n) is 3.05. The zero-order valence-electron chi connectivity index (χ0n) is 19.6. The minimum absolute atomic E-state index is 0.122. The Balaban J connectivity index is 1.65. The highest BCUT2D eigenvalue weighted by Crippen LogP contribution is 2.29. The highest BCUT2D eigenvalue weighted by atomic mass is 35.5. The quantitative estimate of drug-likeness (QED) is 0.308. The van der Waals surface area contributed by atoms with Crippen molar-refractivity contribution in [3.8, 4) is 5.75 Å². The summed E-state index contributed by atoms with van der Waals surface area (Å²) in [7, 11) is 0. The fourth-order valence-corrected chi connectivity index (χ4v) is 3.28. The number of carbonyl (C=O) groups is 2. The topological polar surface area (TPSA) is 128 Å². The normalized spacial score (nSPS) is 10.8. The fraction of sp³-hybridized carbons (Fsp3) is 0.292. The summed E-state index contributed by atoms with van der Waals surface area (Å²) in [5.74, 6) is -0.137. The van der Waals surface area contributed by atoms with E-state index in [2.05, 4.69) is 15.7 Å². The number of anilines is 1. The number of carbonyl (C=O) groups excluding carboxylic acids is 2. The maximum Gasteiger partial charge on any atom is 0.273 e. The summed E-state index contributed by atoms with van der Waals surface area (Å²) in [6, 6.07) is 10.7. The molecule has 3 aromatic rings. The van der Waals surface area contributed by atoms with E-state index in [1.807, 2.05) is 20.8 Å². The van der Waals surface area contributed by atoms with Crippen molar-refractivity contribution in [3.05, 3.63) is 80.6 Å². The zero-order chi connectivity index (χ0) is 25.5. The molecule has 0 aliphatic rings. The van der Waals surface area contributed by atoms with E-state index in [1.54, 1.807) is 35.1 Å². The largest absolute Gasteiger partial charge is 0.487 e. The molecule has 0 saturated heterocycles. The van der Waals surface area contributed by atoms with Crippen LogP contribution in [-0.2, 0) is 13.2 Å². The van der Waals surface area contributed by atoms with E-state index in [9.17, 15) is 19.7 Å². The standard InChI is InChI=1S/C24H26ClN5O5/c1-4-29-13-20(22(28-29)24(32)26-12-15(2)3)27-23(31)17-7-5-16(6-8-17)14-35-21-10-9-18(30(33)34)11-19(21)25/h5-11,13,15H,4,12,14H2,1-3H3,(H,26,32)(H,27,31). The summed E-state index contributed by atoms with van der Waals surface area (Å²) in [6.45, 7) is 7.07. The Morgan fingerprint density at radius 1 is 1.17 bits per heavy atom. The summed E-state index contributed by atoms with van der Waals surface area (Å²) in [5.41, 5.74) is 1.52. The SMILES string of the molecule is CCn1cc(NC(=O)c2ccc(COc3ccc([N+](=O)[O-])cc3Cl)cc2)c(C(=O)NCC(C)C)n1. The molecule has 0 bridgehead atoms. The first-order chi connectivity index (χ1) is 16.7. The van der Waals surface area contributed by atoms with Gasteiger partial charge in [-0.05, 0) is 36.6 Å². The number of aromatic nitrogens is 2. The van der Waals surface area contributed by atoms with Gasteiger partial charge in [-0.15, -0.1) is 0 Å². The highest BCUT2D eigenvalue weighted by Gasteiger charge is 2.19. The van der Waals surface area contributed by atoms with Crippen LogP contribution in [0, 0.1) is 16.0 Å². The van der Waals surface area contributed by atoms with Crippen LogP contribution >= 0.6 is 11.6 Å². The number of benzene rings is 2. The predicted molar refractivity (Wildman–Crippen MR) is 132 cm³/mol. The number of aryl methyl sites for hydroxylation is 1. The number of amides is 2. The van der Waals surface area contributed by atoms with Gasteiger partial charge in [0.2, 0.25) is 0 Å². The Bertz CT molecular complexity index is 1220. The number of hydrogen-bond acceptors (Lipinski definition) is 6. The van der Waals surface area contributed by atoms with E-state index in [0.717, 1.165) is 5.56 Å². The van der Waals surface area contributed by atoms with Crippen LogP contribution in [0.3, 0.4) is 0 Å². The molecule has 0 aliphatic carbocycles. The number of nitro groups is 1. The summed E-state index contributed by atoms with van der Waals surface area (Å²) < 4.78 is 7.23. The van der Waals surface area contributed by atoms with Gasteiger partial charge in [-0.3, -0.25) is 24.4 Å².